The maximum absolute atomic E-state index is 10.1. The first kappa shape index (κ1) is 11.2. The maximum Gasteiger partial charge on any atom is 0.235 e. The molecular weight excluding hydrogens is 226 g/mol. The average molecular weight is 238 g/mol. The highest BCUT2D eigenvalue weighted by molar-refractivity contribution is 6.32. The van der Waals surface area contributed by atoms with Crippen molar-refractivity contribution in [3.63, 3.8) is 0 Å². The van der Waals surface area contributed by atoms with Gasteiger partial charge in [-0.3, -0.25) is 0 Å². The summed E-state index contributed by atoms with van der Waals surface area (Å²) in [6.45, 7) is 4.36. The van der Waals surface area contributed by atoms with Gasteiger partial charge in [-0.05, 0) is 37.1 Å². The van der Waals surface area contributed by atoms with E-state index in [0.29, 0.717) is 11.6 Å². The molecule has 0 aromatic heterocycles. The molecule has 84 valence electrons. The van der Waals surface area contributed by atoms with E-state index in [-0.39, 0.29) is 5.60 Å². The number of rotatable bonds is 2. The Morgan fingerprint density at radius 1 is 1.56 bits per heavy atom. The van der Waals surface area contributed by atoms with E-state index in [1.54, 1.807) is 6.07 Å². The molecule has 0 spiro atoms. The molecule has 0 atom stereocenters. The number of carbonyl (C=O) groups excluding carboxylic acids is 1. The summed E-state index contributed by atoms with van der Waals surface area (Å²) < 4.78 is 5.74. The fourth-order valence-electron chi connectivity index (χ4n) is 1.94. The van der Waals surface area contributed by atoms with Crippen LogP contribution in [0.4, 0.5) is 0 Å². The Kier molecular flexibility index (Phi) is 2.75. The van der Waals surface area contributed by atoms with Gasteiger partial charge in [0.25, 0.3) is 0 Å². The van der Waals surface area contributed by atoms with Gasteiger partial charge in [-0.1, -0.05) is 11.6 Å². The fraction of sp³-hybridized carbons (Fsp3) is 0.417. The summed E-state index contributed by atoms with van der Waals surface area (Å²) in [5.41, 5.74) is 1.78. The van der Waals surface area contributed by atoms with Crippen molar-refractivity contribution in [2.75, 3.05) is 0 Å². The van der Waals surface area contributed by atoms with Crippen molar-refractivity contribution in [2.24, 2.45) is 4.99 Å². The largest absolute Gasteiger partial charge is 0.486 e. The van der Waals surface area contributed by atoms with E-state index in [9.17, 15) is 4.79 Å². The second-order valence-electron chi connectivity index (χ2n) is 4.51. The topological polar surface area (TPSA) is 38.7 Å². The summed E-state index contributed by atoms with van der Waals surface area (Å²) in [5, 5.41) is 0.583. The Balaban J connectivity index is 2.37. The van der Waals surface area contributed by atoms with Crippen LogP contribution >= 0.6 is 11.6 Å². The lowest BCUT2D eigenvalue weighted by Crippen LogP contribution is -2.24. The van der Waals surface area contributed by atoms with E-state index in [1.807, 2.05) is 19.9 Å². The van der Waals surface area contributed by atoms with E-state index >= 15 is 0 Å². The molecule has 0 N–H and O–H groups in total. The standard InChI is InChI=1S/C12H12ClNO2/c1-12(2)5-9-3-8(6-14-7-15)4-10(13)11(9)16-12/h3-4H,5-6H2,1-2H3. The fourth-order valence-corrected chi connectivity index (χ4v) is 2.24. The van der Waals surface area contributed by atoms with Crippen LogP contribution in [-0.2, 0) is 17.8 Å². The number of hydrogen-bond acceptors (Lipinski definition) is 3. The molecule has 0 saturated heterocycles. The van der Waals surface area contributed by atoms with Gasteiger partial charge in [-0.2, -0.15) is 0 Å². The molecule has 0 fully saturated rings. The van der Waals surface area contributed by atoms with E-state index in [0.717, 1.165) is 23.3 Å². The van der Waals surface area contributed by atoms with Gasteiger partial charge in [0.1, 0.15) is 11.4 Å². The predicted molar refractivity (Wildman–Crippen MR) is 61.7 cm³/mol. The molecule has 0 amide bonds. The Hall–Kier alpha value is -1.31. The number of benzene rings is 1. The lowest BCUT2D eigenvalue weighted by Gasteiger charge is -2.17. The molecule has 16 heavy (non-hydrogen) atoms. The Labute approximate surface area is 99.1 Å². The zero-order chi connectivity index (χ0) is 11.8. The second-order valence-corrected chi connectivity index (χ2v) is 4.92. The van der Waals surface area contributed by atoms with Crippen LogP contribution in [0.3, 0.4) is 0 Å². The average Bonchev–Trinajstić information content (AvgIpc) is 2.50. The third-order valence-electron chi connectivity index (χ3n) is 2.50. The Bertz CT molecular complexity index is 476. The van der Waals surface area contributed by atoms with Crippen molar-refractivity contribution < 1.29 is 9.53 Å². The van der Waals surface area contributed by atoms with Gasteiger partial charge in [-0.15, -0.1) is 0 Å². The minimum atomic E-state index is -0.210. The van der Waals surface area contributed by atoms with Crippen molar-refractivity contribution in [1.82, 2.24) is 0 Å². The lowest BCUT2D eigenvalue weighted by molar-refractivity contribution is 0.138. The predicted octanol–water partition coefficient (Wildman–Crippen LogP) is 2.89. The summed E-state index contributed by atoms with van der Waals surface area (Å²) >= 11 is 6.12. The zero-order valence-electron chi connectivity index (χ0n) is 9.21. The molecule has 2 rings (SSSR count). The van der Waals surface area contributed by atoms with E-state index < -0.39 is 0 Å². The summed E-state index contributed by atoms with van der Waals surface area (Å²) in [4.78, 5) is 13.6. The monoisotopic (exact) mass is 237 g/mol. The van der Waals surface area contributed by atoms with Crippen LogP contribution in [0.25, 0.3) is 0 Å². The van der Waals surface area contributed by atoms with Crippen LogP contribution in [0.5, 0.6) is 5.75 Å². The van der Waals surface area contributed by atoms with Gasteiger partial charge in [0.15, 0.2) is 0 Å². The number of isocyanates is 1. The first-order valence-corrected chi connectivity index (χ1v) is 5.43. The molecule has 0 unspecified atom stereocenters. The molecule has 1 aliphatic heterocycles. The molecule has 1 heterocycles. The SMILES string of the molecule is CC1(C)Cc2cc(CN=C=O)cc(Cl)c2O1. The van der Waals surface area contributed by atoms with Gasteiger partial charge < -0.3 is 4.74 Å². The molecule has 0 radical (unpaired) electrons. The molecule has 3 nitrogen and oxygen atoms in total. The van der Waals surface area contributed by atoms with Crippen LogP contribution < -0.4 is 4.74 Å². The Morgan fingerprint density at radius 3 is 3.00 bits per heavy atom. The van der Waals surface area contributed by atoms with E-state index in [1.165, 1.54) is 6.08 Å². The number of hydrogen-bond donors (Lipinski definition) is 0. The van der Waals surface area contributed by atoms with Crippen LogP contribution in [0.15, 0.2) is 17.1 Å². The first-order chi connectivity index (χ1) is 7.52. The number of halogens is 1. The van der Waals surface area contributed by atoms with E-state index in [2.05, 4.69) is 4.99 Å². The van der Waals surface area contributed by atoms with Crippen LogP contribution in [0.1, 0.15) is 25.0 Å². The maximum atomic E-state index is 10.1. The van der Waals surface area contributed by atoms with Gasteiger partial charge in [-0.25, -0.2) is 9.79 Å². The zero-order valence-corrected chi connectivity index (χ0v) is 9.97. The smallest absolute Gasteiger partial charge is 0.235 e. The van der Waals surface area contributed by atoms with Crippen LogP contribution in [0, 0.1) is 0 Å². The normalized spacial score (nSPS) is 16.2. The highest BCUT2D eigenvalue weighted by Gasteiger charge is 2.31. The number of ether oxygens (including phenoxy) is 1. The molecule has 0 bridgehead atoms. The molecule has 4 heteroatoms. The molecule has 0 saturated carbocycles. The van der Waals surface area contributed by atoms with Crippen molar-refractivity contribution in [2.45, 2.75) is 32.4 Å². The summed E-state index contributed by atoms with van der Waals surface area (Å²) in [5.74, 6) is 0.755. The van der Waals surface area contributed by atoms with Crippen LogP contribution in [0.2, 0.25) is 5.02 Å². The molecule has 1 aromatic rings. The van der Waals surface area contributed by atoms with Gasteiger partial charge in [0.05, 0.1) is 11.6 Å². The quantitative estimate of drug-likeness (QED) is 0.586. The Morgan fingerprint density at radius 2 is 2.31 bits per heavy atom. The third kappa shape index (κ3) is 2.11. The molecule has 1 aromatic carbocycles. The highest BCUT2D eigenvalue weighted by Crippen LogP contribution is 2.40. The van der Waals surface area contributed by atoms with Gasteiger partial charge in [0, 0.05) is 6.42 Å². The van der Waals surface area contributed by atoms with Crippen molar-refractivity contribution in [3.8, 4) is 5.75 Å². The van der Waals surface area contributed by atoms with Gasteiger partial charge in [0.2, 0.25) is 6.08 Å². The summed E-state index contributed by atoms with van der Waals surface area (Å²) in [6, 6.07) is 3.76. The molecule has 0 aliphatic carbocycles. The number of nitrogens with zero attached hydrogens (tertiary/aromatic N) is 1. The lowest BCUT2D eigenvalue weighted by atomic mass is 10.0. The van der Waals surface area contributed by atoms with E-state index in [4.69, 9.17) is 16.3 Å². The second kappa shape index (κ2) is 3.93. The highest BCUT2D eigenvalue weighted by atomic mass is 35.5. The first-order valence-electron chi connectivity index (χ1n) is 5.06. The van der Waals surface area contributed by atoms with Crippen molar-refractivity contribution in [3.05, 3.63) is 28.3 Å². The molecular formula is C12H12ClNO2. The number of aliphatic imine (C=N–C) groups is 1. The summed E-state index contributed by atoms with van der Waals surface area (Å²) in [6.07, 6.45) is 2.34. The third-order valence-corrected chi connectivity index (χ3v) is 2.78. The van der Waals surface area contributed by atoms with Gasteiger partial charge >= 0.3 is 0 Å². The van der Waals surface area contributed by atoms with Crippen molar-refractivity contribution >= 4 is 17.7 Å². The minimum absolute atomic E-state index is 0.210. The van der Waals surface area contributed by atoms with Crippen LogP contribution in [-0.4, -0.2) is 11.7 Å². The summed E-state index contributed by atoms with van der Waals surface area (Å²) in [7, 11) is 0. The number of fused-ring (bicyclic) bond motifs is 1. The molecule has 1 aliphatic rings. The minimum Gasteiger partial charge on any atom is -0.486 e. The van der Waals surface area contributed by atoms with Crippen molar-refractivity contribution in [1.29, 1.82) is 0 Å².